The highest BCUT2D eigenvalue weighted by atomic mass is 19.1. The van der Waals surface area contributed by atoms with Gasteiger partial charge in [-0.1, -0.05) is 0 Å². The van der Waals surface area contributed by atoms with E-state index in [1.54, 1.807) is 0 Å². The molecule has 13 heavy (non-hydrogen) atoms. The smallest absolute Gasteiger partial charge is 0.165 e. The lowest BCUT2D eigenvalue weighted by molar-refractivity contribution is 0.203. The molecule has 0 spiro atoms. The highest BCUT2D eigenvalue weighted by molar-refractivity contribution is 5.36. The Hall–Kier alpha value is -1.20. The average Bonchev–Trinajstić information content (AvgIpc) is 2.17. The number of aliphatic hydroxyl groups excluding tert-OH is 2. The molecule has 0 saturated carbocycles. The highest BCUT2D eigenvalue weighted by Crippen LogP contribution is 2.09. The van der Waals surface area contributed by atoms with Gasteiger partial charge >= 0.3 is 0 Å². The predicted octanol–water partition coefficient (Wildman–Crippen LogP) is -0.0142. The first kappa shape index (κ1) is 9.88. The second kappa shape index (κ2) is 4.74. The van der Waals surface area contributed by atoms with Gasteiger partial charge in [-0.25, -0.2) is 9.37 Å². The molecule has 1 rings (SSSR count). The number of pyridine rings is 1. The van der Waals surface area contributed by atoms with Crippen LogP contribution in [0.25, 0.3) is 0 Å². The lowest BCUT2D eigenvalue weighted by atomic mass is 10.3. The molecule has 5 heteroatoms. The SMILES string of the molecule is OCC(CO)Nc1ncccc1F. The number of aromatic nitrogens is 1. The topological polar surface area (TPSA) is 65.4 Å². The predicted molar refractivity (Wildman–Crippen MR) is 45.8 cm³/mol. The molecule has 0 aliphatic rings. The molecular formula is C8H11FN2O2. The first-order valence-electron chi connectivity index (χ1n) is 3.86. The van der Waals surface area contributed by atoms with Crippen molar-refractivity contribution in [1.29, 1.82) is 0 Å². The second-order valence-electron chi connectivity index (χ2n) is 2.54. The number of aliphatic hydroxyl groups is 2. The molecule has 4 nitrogen and oxygen atoms in total. The van der Waals surface area contributed by atoms with Crippen LogP contribution >= 0.6 is 0 Å². The lowest BCUT2D eigenvalue weighted by Gasteiger charge is -2.13. The van der Waals surface area contributed by atoms with Crippen LogP contribution in [-0.4, -0.2) is 34.5 Å². The molecule has 0 saturated heterocycles. The van der Waals surface area contributed by atoms with E-state index in [1.165, 1.54) is 18.3 Å². The maximum atomic E-state index is 12.9. The number of nitrogens with one attached hydrogen (secondary N) is 1. The zero-order valence-corrected chi connectivity index (χ0v) is 6.94. The Balaban J connectivity index is 2.67. The summed E-state index contributed by atoms with van der Waals surface area (Å²) in [5.74, 6) is -0.468. The summed E-state index contributed by atoms with van der Waals surface area (Å²) in [4.78, 5) is 3.71. The number of hydrogen-bond acceptors (Lipinski definition) is 4. The van der Waals surface area contributed by atoms with Crippen molar-refractivity contribution in [3.05, 3.63) is 24.1 Å². The molecule has 0 amide bonds. The van der Waals surface area contributed by atoms with Crippen LogP contribution in [0, 0.1) is 5.82 Å². The summed E-state index contributed by atoms with van der Waals surface area (Å²) in [6, 6.07) is 2.14. The number of halogens is 1. The van der Waals surface area contributed by atoms with Crippen molar-refractivity contribution in [2.75, 3.05) is 18.5 Å². The molecule has 0 aliphatic carbocycles. The maximum Gasteiger partial charge on any atom is 0.165 e. The number of rotatable bonds is 4. The highest BCUT2D eigenvalue weighted by Gasteiger charge is 2.08. The Morgan fingerprint density at radius 1 is 1.46 bits per heavy atom. The van der Waals surface area contributed by atoms with Crippen LogP contribution in [0.3, 0.4) is 0 Å². The van der Waals surface area contributed by atoms with Gasteiger partial charge in [-0.3, -0.25) is 0 Å². The van der Waals surface area contributed by atoms with Crippen molar-refractivity contribution >= 4 is 5.82 Å². The zero-order chi connectivity index (χ0) is 9.68. The normalized spacial score (nSPS) is 10.5. The van der Waals surface area contributed by atoms with Gasteiger partial charge < -0.3 is 15.5 Å². The van der Waals surface area contributed by atoms with Crippen molar-refractivity contribution in [3.63, 3.8) is 0 Å². The van der Waals surface area contributed by atoms with Crippen LogP contribution in [0.15, 0.2) is 18.3 Å². The van der Waals surface area contributed by atoms with Crippen molar-refractivity contribution < 1.29 is 14.6 Å². The average molecular weight is 186 g/mol. The van der Waals surface area contributed by atoms with Gasteiger partial charge in [0.1, 0.15) is 0 Å². The van der Waals surface area contributed by atoms with Gasteiger partial charge in [0.2, 0.25) is 0 Å². The molecule has 1 aromatic rings. The van der Waals surface area contributed by atoms with E-state index >= 15 is 0 Å². The molecule has 0 aliphatic heterocycles. The van der Waals surface area contributed by atoms with Crippen molar-refractivity contribution in [2.24, 2.45) is 0 Å². The van der Waals surface area contributed by atoms with Gasteiger partial charge in [-0.2, -0.15) is 0 Å². The van der Waals surface area contributed by atoms with E-state index in [-0.39, 0.29) is 19.0 Å². The van der Waals surface area contributed by atoms with Crippen LogP contribution in [0.2, 0.25) is 0 Å². The Kier molecular flexibility index (Phi) is 3.60. The monoisotopic (exact) mass is 186 g/mol. The minimum absolute atomic E-state index is 0.0376. The lowest BCUT2D eigenvalue weighted by Crippen LogP contribution is -2.28. The molecule has 72 valence electrons. The van der Waals surface area contributed by atoms with E-state index < -0.39 is 11.9 Å². The Morgan fingerprint density at radius 3 is 2.69 bits per heavy atom. The fraction of sp³-hybridized carbons (Fsp3) is 0.375. The first-order chi connectivity index (χ1) is 6.27. The van der Waals surface area contributed by atoms with E-state index in [2.05, 4.69) is 10.3 Å². The Labute approximate surface area is 75.0 Å². The fourth-order valence-electron chi connectivity index (χ4n) is 0.834. The van der Waals surface area contributed by atoms with Gasteiger partial charge in [-0.05, 0) is 12.1 Å². The van der Waals surface area contributed by atoms with Crippen LogP contribution in [-0.2, 0) is 0 Å². The molecule has 0 aromatic carbocycles. The summed E-state index contributed by atoms with van der Waals surface area (Å²) in [6.07, 6.45) is 1.43. The molecule has 0 fully saturated rings. The van der Waals surface area contributed by atoms with E-state index in [1.807, 2.05) is 0 Å². The van der Waals surface area contributed by atoms with E-state index in [4.69, 9.17) is 10.2 Å². The van der Waals surface area contributed by atoms with Crippen LogP contribution in [0.1, 0.15) is 0 Å². The van der Waals surface area contributed by atoms with Gasteiger partial charge in [0, 0.05) is 6.20 Å². The molecule has 0 radical (unpaired) electrons. The summed E-state index contributed by atoms with van der Waals surface area (Å²) in [5.41, 5.74) is 0. The van der Waals surface area contributed by atoms with Crippen LogP contribution in [0.4, 0.5) is 10.2 Å². The van der Waals surface area contributed by atoms with Gasteiger partial charge in [0.15, 0.2) is 11.6 Å². The summed E-state index contributed by atoms with van der Waals surface area (Å²) in [5, 5.41) is 20.0. The molecule has 0 unspecified atom stereocenters. The summed E-state index contributed by atoms with van der Waals surface area (Å²) < 4.78 is 12.9. The summed E-state index contributed by atoms with van der Waals surface area (Å²) >= 11 is 0. The van der Waals surface area contributed by atoms with Crippen molar-refractivity contribution in [2.45, 2.75) is 6.04 Å². The van der Waals surface area contributed by atoms with Gasteiger partial charge in [0.05, 0.1) is 19.3 Å². The summed E-state index contributed by atoms with van der Waals surface area (Å²) in [6.45, 7) is -0.543. The standard InChI is InChI=1S/C8H11FN2O2/c9-7-2-1-3-10-8(7)11-6(4-12)5-13/h1-3,6,12-13H,4-5H2,(H,10,11). The number of anilines is 1. The van der Waals surface area contributed by atoms with Crippen LogP contribution < -0.4 is 5.32 Å². The quantitative estimate of drug-likeness (QED) is 0.618. The number of nitrogens with zero attached hydrogens (tertiary/aromatic N) is 1. The zero-order valence-electron chi connectivity index (χ0n) is 6.94. The summed E-state index contributed by atoms with van der Waals surface area (Å²) in [7, 11) is 0. The third-order valence-electron chi connectivity index (χ3n) is 1.54. The van der Waals surface area contributed by atoms with Crippen LogP contribution in [0.5, 0.6) is 0 Å². The van der Waals surface area contributed by atoms with Gasteiger partial charge in [0.25, 0.3) is 0 Å². The molecule has 1 heterocycles. The third kappa shape index (κ3) is 2.64. The second-order valence-corrected chi connectivity index (χ2v) is 2.54. The van der Waals surface area contributed by atoms with E-state index in [9.17, 15) is 4.39 Å². The first-order valence-corrected chi connectivity index (χ1v) is 3.86. The largest absolute Gasteiger partial charge is 0.394 e. The van der Waals surface area contributed by atoms with E-state index in [0.29, 0.717) is 0 Å². The van der Waals surface area contributed by atoms with Gasteiger partial charge in [-0.15, -0.1) is 0 Å². The van der Waals surface area contributed by atoms with Crippen molar-refractivity contribution in [1.82, 2.24) is 4.98 Å². The molecule has 0 bridgehead atoms. The molecule has 3 N–H and O–H groups in total. The fourth-order valence-corrected chi connectivity index (χ4v) is 0.834. The minimum Gasteiger partial charge on any atom is -0.394 e. The molecular weight excluding hydrogens is 175 g/mol. The Bertz CT molecular complexity index is 266. The number of hydrogen-bond donors (Lipinski definition) is 3. The maximum absolute atomic E-state index is 12.9. The minimum atomic E-state index is -0.579. The third-order valence-corrected chi connectivity index (χ3v) is 1.54. The molecule has 1 aromatic heterocycles. The van der Waals surface area contributed by atoms with Crippen molar-refractivity contribution in [3.8, 4) is 0 Å². The Morgan fingerprint density at radius 2 is 2.15 bits per heavy atom. The van der Waals surface area contributed by atoms with E-state index in [0.717, 1.165) is 0 Å². The molecule has 0 atom stereocenters.